The zero-order valence-corrected chi connectivity index (χ0v) is 11.8. The van der Waals surface area contributed by atoms with E-state index < -0.39 is 10.0 Å². The first-order valence-electron chi connectivity index (χ1n) is 6.26. The van der Waals surface area contributed by atoms with Crippen LogP contribution in [0.1, 0.15) is 18.5 Å². The molecule has 0 atom stereocenters. The van der Waals surface area contributed by atoms with Gasteiger partial charge in [-0.1, -0.05) is 0 Å². The zero-order valence-electron chi connectivity index (χ0n) is 10.9. The SMILES string of the molecule is CN(C1CCOCC1)S(=O)(=O)c1ccc(CN)nc1. The molecule has 7 heteroatoms. The molecule has 1 fully saturated rings. The van der Waals surface area contributed by atoms with Crippen LogP contribution < -0.4 is 5.73 Å². The van der Waals surface area contributed by atoms with Crippen LogP contribution in [0.5, 0.6) is 0 Å². The highest BCUT2D eigenvalue weighted by molar-refractivity contribution is 7.89. The molecule has 1 aliphatic rings. The van der Waals surface area contributed by atoms with Crippen molar-refractivity contribution in [1.82, 2.24) is 9.29 Å². The number of hydrogen-bond acceptors (Lipinski definition) is 5. The summed E-state index contributed by atoms with van der Waals surface area (Å²) in [7, 11) is -1.88. The molecule has 19 heavy (non-hydrogen) atoms. The van der Waals surface area contributed by atoms with Gasteiger partial charge in [0.25, 0.3) is 0 Å². The van der Waals surface area contributed by atoms with E-state index in [1.165, 1.54) is 10.5 Å². The fourth-order valence-corrected chi connectivity index (χ4v) is 3.46. The van der Waals surface area contributed by atoms with E-state index in [0.717, 1.165) is 12.8 Å². The Morgan fingerprint density at radius 1 is 1.42 bits per heavy atom. The molecule has 2 N–H and O–H groups in total. The van der Waals surface area contributed by atoms with Crippen molar-refractivity contribution in [2.45, 2.75) is 30.3 Å². The summed E-state index contributed by atoms with van der Waals surface area (Å²) in [6.45, 7) is 1.51. The first kappa shape index (κ1) is 14.4. The van der Waals surface area contributed by atoms with E-state index in [1.54, 1.807) is 19.2 Å². The molecular weight excluding hydrogens is 266 g/mol. The summed E-state index contributed by atoms with van der Waals surface area (Å²) in [6, 6.07) is 3.19. The number of nitrogens with two attached hydrogens (primary N) is 1. The minimum Gasteiger partial charge on any atom is -0.381 e. The van der Waals surface area contributed by atoms with Crippen molar-refractivity contribution in [3.8, 4) is 0 Å². The summed E-state index contributed by atoms with van der Waals surface area (Å²) >= 11 is 0. The van der Waals surface area contributed by atoms with E-state index in [4.69, 9.17) is 10.5 Å². The number of nitrogens with zero attached hydrogens (tertiary/aromatic N) is 2. The second-order valence-corrected chi connectivity index (χ2v) is 6.55. The highest BCUT2D eigenvalue weighted by Gasteiger charge is 2.29. The molecule has 0 radical (unpaired) electrons. The smallest absolute Gasteiger partial charge is 0.244 e. The number of ether oxygens (including phenoxy) is 1. The maximum atomic E-state index is 12.4. The second kappa shape index (κ2) is 5.96. The van der Waals surface area contributed by atoms with Gasteiger partial charge >= 0.3 is 0 Å². The Morgan fingerprint density at radius 3 is 2.63 bits per heavy atom. The monoisotopic (exact) mass is 285 g/mol. The number of hydrogen-bond donors (Lipinski definition) is 1. The molecule has 2 rings (SSSR count). The lowest BCUT2D eigenvalue weighted by atomic mass is 10.1. The summed E-state index contributed by atoms with van der Waals surface area (Å²) in [5.74, 6) is 0. The fraction of sp³-hybridized carbons (Fsp3) is 0.583. The minimum absolute atomic E-state index is 0.00654. The lowest BCUT2D eigenvalue weighted by Crippen LogP contribution is -2.40. The topological polar surface area (TPSA) is 85.5 Å². The molecule has 0 amide bonds. The number of sulfonamides is 1. The van der Waals surface area contributed by atoms with Crippen LogP contribution in [0.2, 0.25) is 0 Å². The van der Waals surface area contributed by atoms with Gasteiger partial charge in [-0.25, -0.2) is 8.42 Å². The molecule has 106 valence electrons. The average Bonchev–Trinajstić information content (AvgIpc) is 2.47. The first-order valence-corrected chi connectivity index (χ1v) is 7.70. The zero-order chi connectivity index (χ0) is 13.9. The van der Waals surface area contributed by atoms with Crippen molar-refractivity contribution < 1.29 is 13.2 Å². The minimum atomic E-state index is -3.49. The van der Waals surface area contributed by atoms with E-state index in [-0.39, 0.29) is 10.9 Å². The van der Waals surface area contributed by atoms with Gasteiger partial charge in [0.05, 0.1) is 5.69 Å². The van der Waals surface area contributed by atoms with Crippen LogP contribution in [-0.2, 0) is 21.3 Å². The highest BCUT2D eigenvalue weighted by Crippen LogP contribution is 2.21. The van der Waals surface area contributed by atoms with Crippen LogP contribution in [-0.4, -0.2) is 44.0 Å². The van der Waals surface area contributed by atoms with Crippen LogP contribution in [0.4, 0.5) is 0 Å². The molecule has 6 nitrogen and oxygen atoms in total. The van der Waals surface area contributed by atoms with Crippen molar-refractivity contribution >= 4 is 10.0 Å². The third kappa shape index (κ3) is 3.11. The molecule has 0 aliphatic carbocycles. The van der Waals surface area contributed by atoms with Crippen LogP contribution in [0, 0.1) is 0 Å². The Balaban J connectivity index is 2.19. The van der Waals surface area contributed by atoms with Gasteiger partial charge in [-0.05, 0) is 25.0 Å². The molecule has 1 aromatic rings. The Kier molecular flexibility index (Phi) is 4.51. The van der Waals surface area contributed by atoms with Crippen molar-refractivity contribution in [3.05, 3.63) is 24.0 Å². The molecule has 0 bridgehead atoms. The lowest BCUT2D eigenvalue weighted by Gasteiger charge is -2.30. The second-order valence-electron chi connectivity index (χ2n) is 4.55. The molecule has 1 aliphatic heterocycles. The Bertz CT molecular complexity index is 510. The third-order valence-corrected chi connectivity index (χ3v) is 5.28. The van der Waals surface area contributed by atoms with E-state index >= 15 is 0 Å². The third-order valence-electron chi connectivity index (χ3n) is 3.39. The number of rotatable bonds is 4. The van der Waals surface area contributed by atoms with Crippen molar-refractivity contribution in [1.29, 1.82) is 0 Å². The molecular formula is C12H19N3O3S. The first-order chi connectivity index (χ1) is 9.05. The Labute approximate surface area is 113 Å². The van der Waals surface area contributed by atoms with Gasteiger partial charge in [0, 0.05) is 39.0 Å². The number of pyridine rings is 1. The van der Waals surface area contributed by atoms with Gasteiger partial charge in [0.1, 0.15) is 4.90 Å². The number of aromatic nitrogens is 1. The van der Waals surface area contributed by atoms with Crippen molar-refractivity contribution in [3.63, 3.8) is 0 Å². The standard InChI is InChI=1S/C12H19N3O3S/c1-15(11-4-6-18-7-5-11)19(16,17)12-3-2-10(8-13)14-9-12/h2-3,9,11H,4-8,13H2,1H3. The van der Waals surface area contributed by atoms with Crippen LogP contribution in [0.25, 0.3) is 0 Å². The van der Waals surface area contributed by atoms with E-state index in [2.05, 4.69) is 4.98 Å². The molecule has 1 saturated heterocycles. The maximum Gasteiger partial charge on any atom is 0.244 e. The van der Waals surface area contributed by atoms with Crippen LogP contribution in [0.15, 0.2) is 23.2 Å². The summed E-state index contributed by atoms with van der Waals surface area (Å²) in [6.07, 6.45) is 2.82. The predicted octanol–water partition coefficient (Wildman–Crippen LogP) is 0.340. The summed E-state index contributed by atoms with van der Waals surface area (Å²) in [5.41, 5.74) is 6.12. The van der Waals surface area contributed by atoms with E-state index in [0.29, 0.717) is 25.5 Å². The van der Waals surface area contributed by atoms with Gasteiger partial charge in [0.15, 0.2) is 0 Å². The molecule has 0 spiro atoms. The molecule has 1 aromatic heterocycles. The summed E-state index contributed by atoms with van der Waals surface area (Å²) < 4.78 is 31.6. The van der Waals surface area contributed by atoms with Crippen LogP contribution >= 0.6 is 0 Å². The maximum absolute atomic E-state index is 12.4. The summed E-state index contributed by atoms with van der Waals surface area (Å²) in [4.78, 5) is 4.24. The van der Waals surface area contributed by atoms with Gasteiger partial charge in [-0.2, -0.15) is 4.31 Å². The summed E-state index contributed by atoms with van der Waals surface area (Å²) in [5, 5.41) is 0. The molecule has 2 heterocycles. The molecule has 0 unspecified atom stereocenters. The largest absolute Gasteiger partial charge is 0.381 e. The highest BCUT2D eigenvalue weighted by atomic mass is 32.2. The Hall–Kier alpha value is -1.02. The van der Waals surface area contributed by atoms with Gasteiger partial charge < -0.3 is 10.5 Å². The van der Waals surface area contributed by atoms with Crippen LogP contribution in [0.3, 0.4) is 0 Å². The Morgan fingerprint density at radius 2 is 2.11 bits per heavy atom. The van der Waals surface area contributed by atoms with Crippen molar-refractivity contribution in [2.24, 2.45) is 5.73 Å². The van der Waals surface area contributed by atoms with E-state index in [1.807, 2.05) is 0 Å². The molecule has 0 aromatic carbocycles. The normalized spacial score (nSPS) is 17.8. The predicted molar refractivity (Wildman–Crippen MR) is 70.9 cm³/mol. The quantitative estimate of drug-likeness (QED) is 0.862. The van der Waals surface area contributed by atoms with Crippen molar-refractivity contribution in [2.75, 3.05) is 20.3 Å². The molecule has 0 saturated carbocycles. The van der Waals surface area contributed by atoms with Gasteiger partial charge in [-0.15, -0.1) is 0 Å². The van der Waals surface area contributed by atoms with E-state index in [9.17, 15) is 8.42 Å². The van der Waals surface area contributed by atoms with Gasteiger partial charge in [-0.3, -0.25) is 4.98 Å². The lowest BCUT2D eigenvalue weighted by molar-refractivity contribution is 0.0632. The fourth-order valence-electron chi connectivity index (χ4n) is 2.10. The van der Waals surface area contributed by atoms with Gasteiger partial charge in [0.2, 0.25) is 10.0 Å². The average molecular weight is 285 g/mol.